The first kappa shape index (κ1) is 16.1. The number of aliphatic hydroxyl groups excluding tert-OH is 1. The van der Waals surface area contributed by atoms with Gasteiger partial charge in [-0.1, -0.05) is 30.4 Å². The molecule has 1 aliphatic carbocycles. The van der Waals surface area contributed by atoms with E-state index in [1.807, 2.05) is 0 Å². The monoisotopic (exact) mass is 293 g/mol. The lowest BCUT2D eigenvalue weighted by atomic mass is 9.94. The molecule has 0 fully saturated rings. The highest BCUT2D eigenvalue weighted by Crippen LogP contribution is 2.16. The van der Waals surface area contributed by atoms with E-state index in [-0.39, 0.29) is 19.0 Å². The van der Waals surface area contributed by atoms with Gasteiger partial charge in [0.05, 0.1) is 19.3 Å². The van der Waals surface area contributed by atoms with Gasteiger partial charge in [-0.25, -0.2) is 4.39 Å². The molecule has 1 aliphatic rings. The second kappa shape index (κ2) is 8.93. The van der Waals surface area contributed by atoms with Crippen molar-refractivity contribution in [1.82, 2.24) is 5.32 Å². The summed E-state index contributed by atoms with van der Waals surface area (Å²) in [5.41, 5.74) is 0.520. The molecular formula is C17H24FNO2. The molecule has 2 rings (SSSR count). The molecule has 0 aromatic heterocycles. The molecule has 0 saturated heterocycles. The molecule has 1 aromatic carbocycles. The van der Waals surface area contributed by atoms with Gasteiger partial charge >= 0.3 is 0 Å². The first-order valence-electron chi connectivity index (χ1n) is 7.60. The summed E-state index contributed by atoms with van der Waals surface area (Å²) in [6.07, 6.45) is 7.37. The molecule has 0 aliphatic heterocycles. The Morgan fingerprint density at radius 3 is 2.95 bits per heavy atom. The molecule has 116 valence electrons. The summed E-state index contributed by atoms with van der Waals surface area (Å²) in [5, 5.41) is 13.1. The van der Waals surface area contributed by atoms with E-state index in [1.165, 1.54) is 12.5 Å². The average Bonchev–Trinajstić information content (AvgIpc) is 2.50. The minimum Gasteiger partial charge on any atom is -0.389 e. The second-order valence-electron chi connectivity index (χ2n) is 5.57. The van der Waals surface area contributed by atoms with E-state index in [2.05, 4.69) is 17.5 Å². The molecule has 0 heterocycles. The minimum absolute atomic E-state index is 0.192. The van der Waals surface area contributed by atoms with Crippen molar-refractivity contribution in [3.8, 4) is 0 Å². The van der Waals surface area contributed by atoms with Crippen LogP contribution in [0, 0.1) is 11.7 Å². The number of nitrogens with one attached hydrogen (secondary N) is 1. The number of aliphatic hydroxyl groups is 1. The second-order valence-corrected chi connectivity index (χ2v) is 5.57. The fraction of sp³-hybridized carbons (Fsp3) is 0.529. The van der Waals surface area contributed by atoms with E-state index in [0.29, 0.717) is 18.0 Å². The van der Waals surface area contributed by atoms with E-state index in [9.17, 15) is 9.50 Å². The van der Waals surface area contributed by atoms with Gasteiger partial charge < -0.3 is 15.2 Å². The van der Waals surface area contributed by atoms with Crippen molar-refractivity contribution in [2.24, 2.45) is 5.92 Å². The van der Waals surface area contributed by atoms with Crippen LogP contribution in [-0.2, 0) is 11.3 Å². The lowest BCUT2D eigenvalue weighted by Crippen LogP contribution is -2.33. The number of allylic oxidation sites excluding steroid dienone is 2. The quantitative estimate of drug-likeness (QED) is 0.724. The summed E-state index contributed by atoms with van der Waals surface area (Å²) >= 11 is 0. The van der Waals surface area contributed by atoms with Gasteiger partial charge in [-0.3, -0.25) is 0 Å². The molecule has 2 N–H and O–H groups in total. The van der Waals surface area contributed by atoms with Gasteiger partial charge in [-0.2, -0.15) is 0 Å². The van der Waals surface area contributed by atoms with Crippen LogP contribution in [0.15, 0.2) is 36.4 Å². The lowest BCUT2D eigenvalue weighted by molar-refractivity contribution is 0.0275. The van der Waals surface area contributed by atoms with E-state index in [1.54, 1.807) is 18.2 Å². The summed E-state index contributed by atoms with van der Waals surface area (Å²) in [6.45, 7) is 1.84. The van der Waals surface area contributed by atoms with Crippen molar-refractivity contribution >= 4 is 0 Å². The van der Waals surface area contributed by atoms with Gasteiger partial charge in [0, 0.05) is 12.1 Å². The molecule has 0 saturated carbocycles. The van der Waals surface area contributed by atoms with Crippen molar-refractivity contribution in [2.75, 3.05) is 19.7 Å². The summed E-state index contributed by atoms with van der Waals surface area (Å²) in [4.78, 5) is 0. The molecule has 0 amide bonds. The Hall–Kier alpha value is -1.23. The third-order valence-electron chi connectivity index (χ3n) is 3.72. The van der Waals surface area contributed by atoms with Crippen LogP contribution in [0.1, 0.15) is 24.8 Å². The third kappa shape index (κ3) is 5.96. The van der Waals surface area contributed by atoms with Crippen molar-refractivity contribution in [2.45, 2.75) is 32.0 Å². The smallest absolute Gasteiger partial charge is 0.128 e. The maximum atomic E-state index is 13.4. The zero-order valence-electron chi connectivity index (χ0n) is 12.3. The first-order valence-corrected chi connectivity index (χ1v) is 7.60. The zero-order valence-corrected chi connectivity index (χ0v) is 12.3. The molecule has 2 unspecified atom stereocenters. The van der Waals surface area contributed by atoms with Gasteiger partial charge in [0.1, 0.15) is 5.82 Å². The number of hydrogen-bond donors (Lipinski definition) is 2. The number of halogens is 1. The predicted molar refractivity (Wildman–Crippen MR) is 81.4 cm³/mol. The molecular weight excluding hydrogens is 269 g/mol. The van der Waals surface area contributed by atoms with Crippen molar-refractivity contribution in [3.63, 3.8) is 0 Å². The van der Waals surface area contributed by atoms with Crippen molar-refractivity contribution < 1.29 is 14.2 Å². The fourth-order valence-electron chi connectivity index (χ4n) is 2.48. The van der Waals surface area contributed by atoms with Crippen LogP contribution in [-0.4, -0.2) is 30.9 Å². The summed E-state index contributed by atoms with van der Waals surface area (Å²) in [7, 11) is 0. The van der Waals surface area contributed by atoms with Gasteiger partial charge in [-0.05, 0) is 37.8 Å². The lowest BCUT2D eigenvalue weighted by Gasteiger charge is -2.19. The highest BCUT2D eigenvalue weighted by molar-refractivity contribution is 5.16. The van der Waals surface area contributed by atoms with Crippen LogP contribution in [0.4, 0.5) is 4.39 Å². The SMILES string of the molecule is OC(CNCC1CC=CCC1)COCc1ccccc1F. The Bertz CT molecular complexity index is 450. The standard InChI is InChI=1S/C17H24FNO2/c18-17-9-5-4-8-15(17)12-21-13-16(20)11-19-10-14-6-2-1-3-7-14/h1-2,4-5,8-9,14,16,19-20H,3,6-7,10-13H2. The number of ether oxygens (including phenoxy) is 1. The summed E-state index contributed by atoms with van der Waals surface area (Å²) in [6, 6.07) is 6.53. The third-order valence-corrected chi connectivity index (χ3v) is 3.72. The van der Waals surface area contributed by atoms with Crippen LogP contribution in [0.5, 0.6) is 0 Å². The van der Waals surface area contributed by atoms with Crippen molar-refractivity contribution in [3.05, 3.63) is 47.8 Å². The van der Waals surface area contributed by atoms with Crippen LogP contribution in [0.2, 0.25) is 0 Å². The fourth-order valence-corrected chi connectivity index (χ4v) is 2.48. The van der Waals surface area contributed by atoms with Crippen LogP contribution in [0.3, 0.4) is 0 Å². The van der Waals surface area contributed by atoms with Gasteiger partial charge in [-0.15, -0.1) is 0 Å². The first-order chi connectivity index (χ1) is 10.3. The largest absolute Gasteiger partial charge is 0.389 e. The van der Waals surface area contributed by atoms with Crippen molar-refractivity contribution in [1.29, 1.82) is 0 Å². The summed E-state index contributed by atoms with van der Waals surface area (Å²) in [5.74, 6) is 0.400. The van der Waals surface area contributed by atoms with E-state index >= 15 is 0 Å². The summed E-state index contributed by atoms with van der Waals surface area (Å²) < 4.78 is 18.7. The Labute approximate surface area is 125 Å². The molecule has 2 atom stereocenters. The minimum atomic E-state index is -0.559. The Morgan fingerprint density at radius 2 is 2.19 bits per heavy atom. The molecule has 1 aromatic rings. The molecule has 0 bridgehead atoms. The highest BCUT2D eigenvalue weighted by atomic mass is 19.1. The van der Waals surface area contributed by atoms with E-state index in [0.717, 1.165) is 19.4 Å². The van der Waals surface area contributed by atoms with Crippen LogP contribution in [0.25, 0.3) is 0 Å². The number of benzene rings is 1. The Morgan fingerprint density at radius 1 is 1.33 bits per heavy atom. The van der Waals surface area contributed by atoms with Gasteiger partial charge in [0.15, 0.2) is 0 Å². The molecule has 0 spiro atoms. The van der Waals surface area contributed by atoms with Gasteiger partial charge in [0.25, 0.3) is 0 Å². The highest BCUT2D eigenvalue weighted by Gasteiger charge is 2.11. The van der Waals surface area contributed by atoms with Crippen LogP contribution >= 0.6 is 0 Å². The predicted octanol–water partition coefficient (Wildman–Crippen LogP) is 2.65. The Balaban J connectivity index is 1.56. The van der Waals surface area contributed by atoms with Crippen LogP contribution < -0.4 is 5.32 Å². The van der Waals surface area contributed by atoms with E-state index in [4.69, 9.17) is 4.74 Å². The molecule has 21 heavy (non-hydrogen) atoms. The zero-order chi connectivity index (χ0) is 14.9. The topological polar surface area (TPSA) is 41.5 Å². The number of rotatable bonds is 8. The average molecular weight is 293 g/mol. The molecule has 4 heteroatoms. The maximum absolute atomic E-state index is 13.4. The number of hydrogen-bond acceptors (Lipinski definition) is 3. The maximum Gasteiger partial charge on any atom is 0.128 e. The molecule has 0 radical (unpaired) electrons. The molecule has 3 nitrogen and oxygen atoms in total. The van der Waals surface area contributed by atoms with Gasteiger partial charge in [0.2, 0.25) is 0 Å². The van der Waals surface area contributed by atoms with E-state index < -0.39 is 6.10 Å². The normalized spacial score (nSPS) is 19.6. The Kier molecular flexibility index (Phi) is 6.86.